The molecule has 4 heavy (non-hydrogen) atoms. The Morgan fingerprint density at radius 2 is 1.25 bits per heavy atom. The van der Waals surface area contributed by atoms with E-state index in [4.69, 9.17) is 0 Å². The summed E-state index contributed by atoms with van der Waals surface area (Å²) in [5.74, 6) is 0. The van der Waals surface area contributed by atoms with Crippen LogP contribution in [0.4, 0.5) is 0 Å². The van der Waals surface area contributed by atoms with E-state index in [0.29, 0.717) is 0 Å². The van der Waals surface area contributed by atoms with Gasteiger partial charge in [0.15, 0.2) is 0 Å². The van der Waals surface area contributed by atoms with Gasteiger partial charge in [0, 0.05) is 0 Å². The molecule has 0 aromatic carbocycles. The van der Waals surface area contributed by atoms with E-state index >= 15 is 0 Å². The summed E-state index contributed by atoms with van der Waals surface area (Å²) < 4.78 is 0. The molecule has 0 nitrogen and oxygen atoms in total. The second-order valence-electron chi connectivity index (χ2n) is 0.354. The van der Waals surface area contributed by atoms with Crippen molar-refractivity contribution in [1.29, 1.82) is 0 Å². The Bertz CT molecular complexity index is 3.25. The zero-order valence-electron chi connectivity index (χ0n) is 2.57. The molecule has 0 unspecified atom stereocenters. The molecule has 0 spiro atoms. The van der Waals surface area contributed by atoms with Gasteiger partial charge in [-0.1, -0.05) is 0 Å². The summed E-state index contributed by atoms with van der Waals surface area (Å²) in [6.07, 6.45) is 0.750. The average Bonchev–Trinajstić information content (AvgIpc) is 0.918. The molecule has 1 heteroatoms. The molecule has 0 aromatic heterocycles. The van der Waals surface area contributed by atoms with Crippen LogP contribution >= 0.6 is 0 Å². The Labute approximate surface area is 39.5 Å². The van der Waals surface area contributed by atoms with Crippen LogP contribution < -0.4 is 0 Å². The molecule has 0 aliphatic rings. The first-order valence-corrected chi connectivity index (χ1v) is 1.000. The third-order valence-corrected chi connectivity index (χ3v) is 0. The molecule has 0 rings (SSSR count). The van der Waals surface area contributed by atoms with Crippen molar-refractivity contribution in [3.63, 3.8) is 0 Å². The van der Waals surface area contributed by atoms with Crippen molar-refractivity contribution >= 4 is 0 Å². The summed E-state index contributed by atoms with van der Waals surface area (Å²) in [6, 6.07) is 0. The molecule has 0 aliphatic carbocycles. The summed E-state index contributed by atoms with van der Waals surface area (Å²) in [7, 11) is 0. The first kappa shape index (κ1) is 8.82. The van der Waals surface area contributed by atoms with E-state index in [1.54, 1.807) is 0 Å². The summed E-state index contributed by atoms with van der Waals surface area (Å²) in [5, 5.41) is 0. The van der Waals surface area contributed by atoms with Crippen LogP contribution in [-0.4, -0.2) is 0 Å². The minimum atomic E-state index is 0. The van der Waals surface area contributed by atoms with Gasteiger partial charge in [-0.2, -0.15) is 0 Å². The van der Waals surface area contributed by atoms with Crippen LogP contribution in [0, 0.1) is 13.8 Å². The zero-order valence-corrected chi connectivity index (χ0v) is 3.97. The predicted octanol–water partition coefficient (Wildman–Crippen LogP) is 1.04. The Kier molecular flexibility index (Phi) is 21.0. The van der Waals surface area contributed by atoms with Crippen molar-refractivity contribution < 1.29 is 18.6 Å². The number of hydrogen-bond acceptors (Lipinski definition) is 0. The monoisotopic (exact) mass is 93.0 g/mol. The third-order valence-electron chi connectivity index (χ3n) is 0. The van der Waals surface area contributed by atoms with Crippen LogP contribution in [0.15, 0.2) is 0 Å². The maximum Gasteiger partial charge on any atom is 2.00 e. The Balaban J connectivity index is 0. The molecule has 23 valence electrons. The molecule has 0 heterocycles. The van der Waals surface area contributed by atoms with E-state index in [1.807, 2.05) is 0 Å². The quantitative estimate of drug-likeness (QED) is 0.392. The summed E-state index contributed by atoms with van der Waals surface area (Å²) in [6.45, 7) is 6.75. The van der Waals surface area contributed by atoms with Crippen LogP contribution in [-0.2, 0) is 18.6 Å². The Hall–Kier alpha value is 0.584. The van der Waals surface area contributed by atoms with Gasteiger partial charge < -0.3 is 20.3 Å². The van der Waals surface area contributed by atoms with E-state index in [2.05, 4.69) is 13.8 Å². The minimum absolute atomic E-state index is 0. The van der Waals surface area contributed by atoms with Crippen molar-refractivity contribution in [2.45, 2.75) is 6.42 Å². The first-order chi connectivity index (χ1) is 1.41. The van der Waals surface area contributed by atoms with Gasteiger partial charge >= 0.3 is 18.6 Å². The fraction of sp³-hybridized carbons (Fsp3) is 0.333. The van der Waals surface area contributed by atoms with Crippen molar-refractivity contribution in [2.24, 2.45) is 0 Å². The molecule has 0 atom stereocenters. The molecule has 0 aromatic rings. The van der Waals surface area contributed by atoms with E-state index in [1.165, 1.54) is 0 Å². The Morgan fingerprint density at radius 1 is 1.25 bits per heavy atom. The van der Waals surface area contributed by atoms with E-state index < -0.39 is 0 Å². The molecular formula is C3H6V. The molecule has 0 N–H and O–H groups in total. The van der Waals surface area contributed by atoms with Crippen LogP contribution in [0.1, 0.15) is 6.42 Å². The zero-order chi connectivity index (χ0) is 2.71. The maximum absolute atomic E-state index is 3.38. The smallest absolute Gasteiger partial charge is 0.372 e. The molecule has 0 amide bonds. The largest absolute Gasteiger partial charge is 2.00 e. The van der Waals surface area contributed by atoms with Gasteiger partial charge in [-0.15, -0.1) is 0 Å². The number of hydrogen-bond donors (Lipinski definition) is 0. The topological polar surface area (TPSA) is 0 Å². The second kappa shape index (κ2) is 9.54. The minimum Gasteiger partial charge on any atom is -0.372 e. The van der Waals surface area contributed by atoms with Crippen LogP contribution in [0.3, 0.4) is 0 Å². The van der Waals surface area contributed by atoms with E-state index in [9.17, 15) is 0 Å². The second-order valence-corrected chi connectivity index (χ2v) is 0.354. The molecule has 0 fully saturated rings. The summed E-state index contributed by atoms with van der Waals surface area (Å²) >= 11 is 0. The van der Waals surface area contributed by atoms with Gasteiger partial charge in [0.1, 0.15) is 0 Å². The normalized spacial score (nSPS) is 4.50. The fourth-order valence-corrected chi connectivity index (χ4v) is 0. The SMILES string of the molecule is [CH2-]C[CH2-].[V+2]. The maximum atomic E-state index is 3.38. The van der Waals surface area contributed by atoms with Crippen molar-refractivity contribution in [2.75, 3.05) is 0 Å². The van der Waals surface area contributed by atoms with E-state index in [0.717, 1.165) is 6.42 Å². The molecule has 0 saturated heterocycles. The van der Waals surface area contributed by atoms with Crippen molar-refractivity contribution in [1.82, 2.24) is 0 Å². The van der Waals surface area contributed by atoms with Crippen LogP contribution in [0.2, 0.25) is 0 Å². The van der Waals surface area contributed by atoms with Gasteiger partial charge in [-0.05, 0) is 0 Å². The summed E-state index contributed by atoms with van der Waals surface area (Å²) in [5.41, 5.74) is 0. The van der Waals surface area contributed by atoms with Gasteiger partial charge in [0.25, 0.3) is 0 Å². The molecule has 0 bridgehead atoms. The van der Waals surface area contributed by atoms with Gasteiger partial charge in [0.05, 0.1) is 0 Å². The fourth-order valence-electron chi connectivity index (χ4n) is 0. The molecule has 0 aliphatic heterocycles. The predicted molar refractivity (Wildman–Crippen MR) is 15.3 cm³/mol. The number of rotatable bonds is 0. The van der Waals surface area contributed by atoms with Crippen molar-refractivity contribution in [3.05, 3.63) is 13.8 Å². The first-order valence-electron chi connectivity index (χ1n) is 1.000. The Morgan fingerprint density at radius 3 is 1.25 bits per heavy atom. The standard InChI is InChI=1S/C3H6.V/c1-3-2;/h1-3H2;/q-2;+2. The summed E-state index contributed by atoms with van der Waals surface area (Å²) in [4.78, 5) is 0. The van der Waals surface area contributed by atoms with Crippen LogP contribution in [0.5, 0.6) is 0 Å². The van der Waals surface area contributed by atoms with Crippen LogP contribution in [0.25, 0.3) is 0 Å². The average molecular weight is 93.0 g/mol. The van der Waals surface area contributed by atoms with Crippen molar-refractivity contribution in [3.8, 4) is 0 Å². The van der Waals surface area contributed by atoms with E-state index in [-0.39, 0.29) is 18.6 Å². The molecule has 1 radical (unpaired) electrons. The molecule has 0 saturated carbocycles. The van der Waals surface area contributed by atoms with Gasteiger partial charge in [-0.3, -0.25) is 0 Å². The molecular weight excluding hydrogens is 87.0 g/mol. The van der Waals surface area contributed by atoms with Gasteiger partial charge in [-0.25, -0.2) is 0 Å². The third kappa shape index (κ3) is 19.0. The van der Waals surface area contributed by atoms with Gasteiger partial charge in [0.2, 0.25) is 0 Å².